The van der Waals surface area contributed by atoms with Crippen LogP contribution in [0.4, 0.5) is 5.69 Å². The fourth-order valence-corrected chi connectivity index (χ4v) is 7.89. The number of allylic oxidation sites excluding steroid dienone is 1. The van der Waals surface area contributed by atoms with Crippen molar-refractivity contribution in [1.82, 2.24) is 4.72 Å². The highest BCUT2D eigenvalue weighted by Gasteiger charge is 2.44. The van der Waals surface area contributed by atoms with Crippen LogP contribution < -0.4 is 14.4 Å². The van der Waals surface area contributed by atoms with Gasteiger partial charge in [0, 0.05) is 29.1 Å². The minimum absolute atomic E-state index is 0.196. The quantitative estimate of drug-likeness (QED) is 0.420. The molecule has 2 aliphatic heterocycles. The maximum atomic E-state index is 13.2. The topological polar surface area (TPSA) is 78.9 Å². The van der Waals surface area contributed by atoms with Gasteiger partial charge in [0.05, 0.1) is 23.6 Å². The lowest BCUT2D eigenvalue weighted by atomic mass is 9.68. The number of fused-ring (bicyclic) bond motifs is 4. The van der Waals surface area contributed by atoms with E-state index in [1.807, 2.05) is 37.3 Å². The number of ether oxygens (including phenoxy) is 1. The number of nitrogens with one attached hydrogen (secondary N) is 1. The number of nitrogens with zero attached hydrogens (tertiary/aromatic N) is 1. The number of carbonyl (C=O) groups excluding carboxylic acids is 1. The Labute approximate surface area is 238 Å². The van der Waals surface area contributed by atoms with Crippen LogP contribution in [0.2, 0.25) is 5.02 Å². The van der Waals surface area contributed by atoms with Gasteiger partial charge >= 0.3 is 0 Å². The largest absolute Gasteiger partial charge is 0.490 e. The SMILES string of the molecule is CC1C/C=C/CC(O)C2CCC2CN2CC3(CCCc4cc(Cl)ccc43)COc3ccc(cc32)C(=O)NS1=O. The van der Waals surface area contributed by atoms with Crippen LogP contribution in [0.25, 0.3) is 0 Å². The molecular weight excluding hydrogens is 532 g/mol. The maximum absolute atomic E-state index is 13.2. The monoisotopic (exact) mass is 568 g/mol. The third-order valence-corrected chi connectivity index (χ3v) is 10.8. The van der Waals surface area contributed by atoms with Crippen molar-refractivity contribution in [2.24, 2.45) is 11.8 Å². The summed E-state index contributed by atoms with van der Waals surface area (Å²) in [5.74, 6) is 1.02. The minimum Gasteiger partial charge on any atom is -0.490 e. The fraction of sp³-hybridized carbons (Fsp3) is 0.516. The summed E-state index contributed by atoms with van der Waals surface area (Å²) in [6.45, 7) is 3.98. The van der Waals surface area contributed by atoms with E-state index >= 15 is 0 Å². The molecule has 2 N–H and O–H groups in total. The van der Waals surface area contributed by atoms with Crippen molar-refractivity contribution in [3.05, 3.63) is 70.3 Å². The lowest BCUT2D eigenvalue weighted by molar-refractivity contribution is 0.0177. The van der Waals surface area contributed by atoms with Crippen LogP contribution in [0.5, 0.6) is 5.75 Å². The molecular formula is C31H37ClN2O4S. The lowest BCUT2D eigenvalue weighted by Crippen LogP contribution is -2.49. The van der Waals surface area contributed by atoms with Gasteiger partial charge in [-0.1, -0.05) is 29.8 Å². The molecule has 6 nitrogen and oxygen atoms in total. The second-order valence-corrected chi connectivity index (χ2v) is 13.9. The number of halogens is 1. The number of carbonyl (C=O) groups is 1. The third kappa shape index (κ3) is 5.25. The first-order valence-corrected chi connectivity index (χ1v) is 15.8. The predicted molar refractivity (Wildman–Crippen MR) is 156 cm³/mol. The van der Waals surface area contributed by atoms with Gasteiger partial charge in [-0.05, 0) is 105 Å². The Morgan fingerprint density at radius 2 is 2.00 bits per heavy atom. The highest BCUT2D eigenvalue weighted by atomic mass is 35.5. The van der Waals surface area contributed by atoms with Crippen molar-refractivity contribution >= 4 is 34.2 Å². The Morgan fingerprint density at radius 1 is 1.15 bits per heavy atom. The zero-order valence-corrected chi connectivity index (χ0v) is 24.0. The van der Waals surface area contributed by atoms with Gasteiger partial charge in [0.1, 0.15) is 16.7 Å². The second-order valence-electron chi connectivity index (χ2n) is 11.8. The molecule has 1 amide bonds. The lowest BCUT2D eigenvalue weighted by Gasteiger charge is -2.45. The van der Waals surface area contributed by atoms with E-state index in [1.165, 1.54) is 11.1 Å². The molecule has 1 spiro atoms. The van der Waals surface area contributed by atoms with Crippen LogP contribution in [-0.4, -0.2) is 46.3 Å². The molecule has 8 heteroatoms. The molecule has 6 unspecified atom stereocenters. The molecule has 6 rings (SSSR count). The Kier molecular flexibility index (Phi) is 7.51. The standard InChI is InChI=1S/C31H37ClN2O4S/c1-20-5-2-3-7-28(35)25-11-8-23(25)17-34-18-31(14-4-6-21-15-24(32)10-12-26(21)31)19-38-29-13-9-22(16-27(29)34)30(36)33-39(20)37/h2-3,9-10,12-13,15-16,20,23,25,28,35H,4-8,11,14,17-19H2,1H3,(H,33,36)/b3-2+. The first-order valence-electron chi connectivity index (χ1n) is 14.2. The Morgan fingerprint density at radius 3 is 2.82 bits per heavy atom. The van der Waals surface area contributed by atoms with Gasteiger partial charge in [0.15, 0.2) is 0 Å². The van der Waals surface area contributed by atoms with Gasteiger partial charge in [-0.15, -0.1) is 0 Å². The van der Waals surface area contributed by atoms with Crippen LogP contribution in [0, 0.1) is 11.8 Å². The average Bonchev–Trinajstić information content (AvgIpc) is 3.05. The van der Waals surface area contributed by atoms with Crippen molar-refractivity contribution in [3.8, 4) is 5.75 Å². The normalized spacial score (nSPS) is 33.6. The van der Waals surface area contributed by atoms with Crippen molar-refractivity contribution in [2.45, 2.75) is 68.6 Å². The van der Waals surface area contributed by atoms with E-state index in [0.717, 1.165) is 61.7 Å². The number of anilines is 1. The molecule has 2 aromatic carbocycles. The fourth-order valence-electron chi connectivity index (χ4n) is 6.90. The van der Waals surface area contributed by atoms with E-state index in [1.54, 1.807) is 6.07 Å². The molecule has 2 heterocycles. The summed E-state index contributed by atoms with van der Waals surface area (Å²) in [4.78, 5) is 15.6. The van der Waals surface area contributed by atoms with Crippen LogP contribution >= 0.6 is 11.6 Å². The van der Waals surface area contributed by atoms with Crippen molar-refractivity contribution in [2.75, 3.05) is 24.6 Å². The summed E-state index contributed by atoms with van der Waals surface area (Å²) in [5, 5.41) is 11.6. The molecule has 0 saturated heterocycles. The maximum Gasteiger partial charge on any atom is 0.263 e. The van der Waals surface area contributed by atoms with Crippen molar-refractivity contribution in [3.63, 3.8) is 0 Å². The number of benzene rings is 2. The first-order chi connectivity index (χ1) is 18.8. The molecule has 2 aliphatic carbocycles. The van der Waals surface area contributed by atoms with Crippen LogP contribution in [-0.2, 0) is 22.8 Å². The van der Waals surface area contributed by atoms with Crippen LogP contribution in [0.3, 0.4) is 0 Å². The second kappa shape index (κ2) is 10.9. The molecule has 0 radical (unpaired) electrons. The summed E-state index contributed by atoms with van der Waals surface area (Å²) >= 11 is 6.38. The minimum atomic E-state index is -1.52. The molecule has 0 aromatic heterocycles. The number of aryl methyl sites for hydroxylation is 1. The number of aliphatic hydroxyl groups excluding tert-OH is 1. The smallest absolute Gasteiger partial charge is 0.263 e. The van der Waals surface area contributed by atoms with Crippen LogP contribution in [0.15, 0.2) is 48.6 Å². The number of amides is 1. The molecule has 6 atom stereocenters. The number of hydrogen-bond donors (Lipinski definition) is 2. The van der Waals surface area contributed by atoms with Crippen molar-refractivity contribution < 1.29 is 18.8 Å². The molecule has 1 saturated carbocycles. The summed E-state index contributed by atoms with van der Waals surface area (Å²) in [6, 6.07) is 11.8. The molecule has 2 aromatic rings. The molecule has 208 valence electrons. The van der Waals surface area contributed by atoms with Crippen molar-refractivity contribution in [1.29, 1.82) is 0 Å². The Balaban J connectivity index is 1.40. The van der Waals surface area contributed by atoms with Crippen LogP contribution in [0.1, 0.15) is 66.9 Å². The number of rotatable bonds is 0. The van der Waals surface area contributed by atoms with Gasteiger partial charge in [-0.2, -0.15) is 0 Å². The van der Waals surface area contributed by atoms with Gasteiger partial charge in [-0.25, -0.2) is 4.21 Å². The summed E-state index contributed by atoms with van der Waals surface area (Å²) in [6.07, 6.45) is 9.94. The highest BCUT2D eigenvalue weighted by Crippen LogP contribution is 2.46. The van der Waals surface area contributed by atoms with E-state index in [4.69, 9.17) is 16.3 Å². The van der Waals surface area contributed by atoms with Gasteiger partial charge in [-0.3, -0.25) is 9.52 Å². The molecule has 1 fully saturated rings. The molecule has 2 bridgehead atoms. The Hall–Kier alpha value is -2.35. The molecule has 39 heavy (non-hydrogen) atoms. The number of aliphatic hydroxyl groups is 1. The first kappa shape index (κ1) is 26.9. The summed E-state index contributed by atoms with van der Waals surface area (Å²) < 4.78 is 22.1. The van der Waals surface area contributed by atoms with Gasteiger partial charge in [0.2, 0.25) is 0 Å². The summed E-state index contributed by atoms with van der Waals surface area (Å²) in [7, 11) is -1.52. The third-order valence-electron chi connectivity index (χ3n) is 9.30. The zero-order chi connectivity index (χ0) is 27.1. The molecule has 4 aliphatic rings. The van der Waals surface area contributed by atoms with E-state index in [2.05, 4.69) is 21.8 Å². The van der Waals surface area contributed by atoms with E-state index in [-0.39, 0.29) is 22.5 Å². The predicted octanol–water partition coefficient (Wildman–Crippen LogP) is 5.33. The zero-order valence-electron chi connectivity index (χ0n) is 22.4. The van der Waals surface area contributed by atoms with E-state index in [9.17, 15) is 14.1 Å². The highest BCUT2D eigenvalue weighted by molar-refractivity contribution is 7.84. The van der Waals surface area contributed by atoms with E-state index in [0.29, 0.717) is 30.9 Å². The average molecular weight is 569 g/mol. The summed E-state index contributed by atoms with van der Waals surface area (Å²) in [5.41, 5.74) is 3.76. The Bertz CT molecular complexity index is 1320. The van der Waals surface area contributed by atoms with E-state index < -0.39 is 17.1 Å². The van der Waals surface area contributed by atoms with Gasteiger partial charge < -0.3 is 14.7 Å². The number of hydrogen-bond acceptors (Lipinski definition) is 5. The van der Waals surface area contributed by atoms with Gasteiger partial charge in [0.25, 0.3) is 5.91 Å².